The van der Waals surface area contributed by atoms with E-state index in [4.69, 9.17) is 9.47 Å². The molecule has 0 bridgehead atoms. The molecule has 8 nitrogen and oxygen atoms in total. The molecule has 2 rings (SSSR count). The molecule has 39 heavy (non-hydrogen) atoms. The van der Waals surface area contributed by atoms with E-state index < -0.39 is 18.0 Å². The van der Waals surface area contributed by atoms with Crippen LogP contribution < -0.4 is 9.80 Å². The van der Waals surface area contributed by atoms with Crippen LogP contribution in [0.2, 0.25) is 0 Å². The highest BCUT2D eigenvalue weighted by atomic mass is 16.6. The molecule has 0 aromatic heterocycles. The van der Waals surface area contributed by atoms with Crippen molar-refractivity contribution in [1.29, 1.82) is 10.5 Å². The van der Waals surface area contributed by atoms with Gasteiger partial charge in [0.1, 0.15) is 36.0 Å². The van der Waals surface area contributed by atoms with Crippen molar-refractivity contribution >= 4 is 35.5 Å². The summed E-state index contributed by atoms with van der Waals surface area (Å²) in [5.41, 5.74) is 3.14. The van der Waals surface area contributed by atoms with Crippen LogP contribution in [0.4, 0.5) is 11.4 Å². The lowest BCUT2D eigenvalue weighted by Crippen LogP contribution is -2.23. The Hall–Kier alpha value is -4.56. The van der Waals surface area contributed by atoms with Gasteiger partial charge in [-0.25, -0.2) is 9.59 Å². The molecule has 0 amide bonds. The van der Waals surface area contributed by atoms with Crippen molar-refractivity contribution in [3.63, 3.8) is 0 Å². The summed E-state index contributed by atoms with van der Waals surface area (Å²) in [5.74, 6) is -1.64. The molecule has 204 valence electrons. The van der Waals surface area contributed by atoms with E-state index in [-0.39, 0.29) is 17.8 Å². The van der Waals surface area contributed by atoms with Gasteiger partial charge in [0.2, 0.25) is 0 Å². The van der Waals surface area contributed by atoms with Gasteiger partial charge in [-0.1, -0.05) is 24.3 Å². The number of anilines is 2. The molecule has 1 unspecified atom stereocenters. The van der Waals surface area contributed by atoms with E-state index in [1.54, 1.807) is 6.92 Å². The summed E-state index contributed by atoms with van der Waals surface area (Å²) in [5, 5.41) is 18.9. The van der Waals surface area contributed by atoms with E-state index in [0.717, 1.165) is 37.6 Å². The third kappa shape index (κ3) is 9.05. The Bertz CT molecular complexity index is 1240. The fourth-order valence-electron chi connectivity index (χ4n) is 3.90. The molecule has 0 radical (unpaired) electrons. The quantitative estimate of drug-likeness (QED) is 0.194. The SMILES string of the molecule is CCN(CC)c1ccc(/C=C(\C#N)C(=O)OCC(C)OC(=O)/C(C#N)=C/c2ccc(N(CC)CC)cc2)cc1. The molecule has 0 spiro atoms. The van der Waals surface area contributed by atoms with Crippen molar-refractivity contribution in [2.45, 2.75) is 40.7 Å². The first-order valence-electron chi connectivity index (χ1n) is 13.1. The highest BCUT2D eigenvalue weighted by Crippen LogP contribution is 2.18. The highest BCUT2D eigenvalue weighted by molar-refractivity contribution is 5.98. The molecule has 0 heterocycles. The number of rotatable bonds is 13. The highest BCUT2D eigenvalue weighted by Gasteiger charge is 2.18. The molecular weight excluding hydrogens is 492 g/mol. The molecule has 2 aromatic carbocycles. The van der Waals surface area contributed by atoms with Crippen LogP contribution in [0.5, 0.6) is 0 Å². The number of ether oxygens (including phenoxy) is 2. The molecule has 0 aliphatic rings. The molecule has 0 saturated heterocycles. The minimum absolute atomic E-state index is 0.171. The maximum Gasteiger partial charge on any atom is 0.349 e. The number of hydrogen-bond donors (Lipinski definition) is 0. The van der Waals surface area contributed by atoms with E-state index in [2.05, 4.69) is 37.5 Å². The largest absolute Gasteiger partial charge is 0.458 e. The number of carbonyl (C=O) groups excluding carboxylic acids is 2. The minimum Gasteiger partial charge on any atom is -0.458 e. The topological polar surface area (TPSA) is 107 Å². The number of benzene rings is 2. The van der Waals surface area contributed by atoms with E-state index >= 15 is 0 Å². The first kappa shape index (κ1) is 30.7. The Morgan fingerprint density at radius 3 is 1.49 bits per heavy atom. The van der Waals surface area contributed by atoms with Gasteiger partial charge >= 0.3 is 11.9 Å². The number of nitriles is 2. The number of nitrogens with zero attached hydrogens (tertiary/aromatic N) is 4. The van der Waals surface area contributed by atoms with Crippen molar-refractivity contribution < 1.29 is 19.1 Å². The van der Waals surface area contributed by atoms with Crippen molar-refractivity contribution in [1.82, 2.24) is 0 Å². The van der Waals surface area contributed by atoms with Crippen molar-refractivity contribution in [3.8, 4) is 12.1 Å². The van der Waals surface area contributed by atoms with Crippen LogP contribution in [0.3, 0.4) is 0 Å². The summed E-state index contributed by atoms with van der Waals surface area (Å²) in [6, 6.07) is 18.8. The molecule has 1 atom stereocenters. The second-order valence-electron chi connectivity index (χ2n) is 8.68. The Labute approximate surface area is 231 Å². The van der Waals surface area contributed by atoms with Gasteiger partial charge in [-0.05, 0) is 82.2 Å². The summed E-state index contributed by atoms with van der Waals surface area (Å²) >= 11 is 0. The lowest BCUT2D eigenvalue weighted by Gasteiger charge is -2.20. The zero-order chi connectivity index (χ0) is 28.8. The molecule has 0 N–H and O–H groups in total. The van der Waals surface area contributed by atoms with Crippen molar-refractivity contribution in [2.24, 2.45) is 0 Å². The second kappa shape index (κ2) is 15.6. The first-order chi connectivity index (χ1) is 18.8. The Balaban J connectivity index is 1.98. The van der Waals surface area contributed by atoms with E-state index in [1.807, 2.05) is 60.7 Å². The van der Waals surface area contributed by atoms with Crippen LogP contribution >= 0.6 is 0 Å². The smallest absolute Gasteiger partial charge is 0.349 e. The zero-order valence-corrected chi connectivity index (χ0v) is 23.3. The fourth-order valence-corrected chi connectivity index (χ4v) is 3.90. The standard InChI is InChI=1S/C31H36N4O4/c1-6-34(7-2)28-14-10-24(11-15-28)18-26(20-32)30(36)38-22-23(5)39-31(37)27(21-33)19-25-12-16-29(17-13-25)35(8-3)9-4/h10-19,23H,6-9,22H2,1-5H3/b26-18+,27-19+. The maximum atomic E-state index is 12.5. The molecule has 0 aliphatic heterocycles. The van der Waals surface area contributed by atoms with Gasteiger partial charge in [-0.15, -0.1) is 0 Å². The molecule has 2 aromatic rings. The summed E-state index contributed by atoms with van der Waals surface area (Å²) in [6.07, 6.45) is 2.08. The Kier molecular flexibility index (Phi) is 12.3. The predicted molar refractivity (Wildman–Crippen MR) is 154 cm³/mol. The van der Waals surface area contributed by atoms with Gasteiger partial charge < -0.3 is 19.3 Å². The van der Waals surface area contributed by atoms with Crippen LogP contribution in [-0.2, 0) is 19.1 Å². The normalized spacial score (nSPS) is 12.1. The molecule has 8 heteroatoms. The molecule has 0 fully saturated rings. The van der Waals surface area contributed by atoms with Crippen molar-refractivity contribution in [3.05, 3.63) is 70.8 Å². The summed E-state index contributed by atoms with van der Waals surface area (Å²) in [6.45, 7) is 13.1. The maximum absolute atomic E-state index is 12.5. The predicted octanol–water partition coefficient (Wildman–Crippen LogP) is 5.37. The van der Waals surface area contributed by atoms with Crippen LogP contribution in [-0.4, -0.2) is 50.8 Å². The number of carbonyl (C=O) groups is 2. The van der Waals surface area contributed by atoms with E-state index in [9.17, 15) is 20.1 Å². The lowest BCUT2D eigenvalue weighted by molar-refractivity contribution is -0.152. The summed E-state index contributed by atoms with van der Waals surface area (Å²) < 4.78 is 10.5. The zero-order valence-electron chi connectivity index (χ0n) is 23.3. The monoisotopic (exact) mass is 528 g/mol. The average molecular weight is 529 g/mol. The average Bonchev–Trinajstić information content (AvgIpc) is 2.96. The Morgan fingerprint density at radius 1 is 0.744 bits per heavy atom. The van der Waals surface area contributed by atoms with Gasteiger partial charge in [0, 0.05) is 37.6 Å². The minimum atomic E-state index is -0.823. The lowest BCUT2D eigenvalue weighted by atomic mass is 10.1. The van der Waals surface area contributed by atoms with E-state index in [1.165, 1.54) is 12.2 Å². The second-order valence-corrected chi connectivity index (χ2v) is 8.68. The van der Waals surface area contributed by atoms with Crippen LogP contribution in [0.15, 0.2) is 59.7 Å². The van der Waals surface area contributed by atoms with Gasteiger partial charge in [-0.3, -0.25) is 0 Å². The Morgan fingerprint density at radius 2 is 1.13 bits per heavy atom. The van der Waals surface area contributed by atoms with Crippen LogP contribution in [0.1, 0.15) is 45.7 Å². The fraction of sp³-hybridized carbons (Fsp3) is 0.355. The van der Waals surface area contributed by atoms with Crippen LogP contribution in [0, 0.1) is 22.7 Å². The van der Waals surface area contributed by atoms with Crippen molar-refractivity contribution in [2.75, 3.05) is 42.6 Å². The number of esters is 2. The van der Waals surface area contributed by atoms with E-state index in [0.29, 0.717) is 11.1 Å². The van der Waals surface area contributed by atoms with Gasteiger partial charge in [0.25, 0.3) is 0 Å². The third-order valence-electron chi connectivity index (χ3n) is 6.10. The number of hydrogen-bond acceptors (Lipinski definition) is 8. The molecule has 0 saturated carbocycles. The summed E-state index contributed by atoms with van der Waals surface area (Å²) in [4.78, 5) is 29.4. The molecular formula is C31H36N4O4. The summed E-state index contributed by atoms with van der Waals surface area (Å²) in [7, 11) is 0. The van der Waals surface area contributed by atoms with Gasteiger partial charge in [-0.2, -0.15) is 10.5 Å². The third-order valence-corrected chi connectivity index (χ3v) is 6.10. The van der Waals surface area contributed by atoms with Gasteiger partial charge in [0.15, 0.2) is 0 Å². The first-order valence-corrected chi connectivity index (χ1v) is 13.1. The molecule has 0 aliphatic carbocycles. The van der Waals surface area contributed by atoms with Gasteiger partial charge in [0.05, 0.1) is 0 Å². The van der Waals surface area contributed by atoms with Crippen LogP contribution in [0.25, 0.3) is 12.2 Å².